The van der Waals surface area contributed by atoms with E-state index in [0.717, 1.165) is 0 Å². The van der Waals surface area contributed by atoms with Gasteiger partial charge in [0.15, 0.2) is 12.3 Å². The number of carbonyl (C=O) groups is 1. The monoisotopic (exact) mass is 315 g/mol. The quantitative estimate of drug-likeness (QED) is 0.858. The molecule has 2 aromatic rings. The van der Waals surface area contributed by atoms with Crippen LogP contribution in [-0.2, 0) is 4.74 Å². The van der Waals surface area contributed by atoms with Gasteiger partial charge in [0.2, 0.25) is 0 Å². The van der Waals surface area contributed by atoms with Gasteiger partial charge >= 0.3 is 12.1 Å². The van der Waals surface area contributed by atoms with Gasteiger partial charge in [-0.3, -0.25) is 0 Å². The molecule has 0 radical (unpaired) electrons. The van der Waals surface area contributed by atoms with Crippen LogP contribution in [0, 0.1) is 0 Å². The molecule has 1 heterocycles. The van der Waals surface area contributed by atoms with Crippen LogP contribution in [-0.4, -0.2) is 40.8 Å². The molecule has 0 saturated heterocycles. The maximum absolute atomic E-state index is 12.2. The van der Waals surface area contributed by atoms with Crippen molar-refractivity contribution >= 4 is 5.97 Å². The van der Waals surface area contributed by atoms with Gasteiger partial charge < -0.3 is 9.47 Å². The van der Waals surface area contributed by atoms with E-state index in [1.54, 1.807) is 13.0 Å². The summed E-state index contributed by atoms with van der Waals surface area (Å²) in [6, 6.07) is 5.78. The number of benzene rings is 1. The molecule has 0 atom stereocenters. The molecule has 6 nitrogen and oxygen atoms in total. The van der Waals surface area contributed by atoms with Gasteiger partial charge in [0.05, 0.1) is 6.61 Å². The molecule has 9 heteroatoms. The Balaban J connectivity index is 2.23. The summed E-state index contributed by atoms with van der Waals surface area (Å²) >= 11 is 0. The van der Waals surface area contributed by atoms with Crippen LogP contribution in [0.2, 0.25) is 0 Å². The summed E-state index contributed by atoms with van der Waals surface area (Å²) < 4.78 is 46.0. The van der Waals surface area contributed by atoms with E-state index in [9.17, 15) is 18.0 Å². The maximum Gasteiger partial charge on any atom is 0.422 e. The molecular formula is C13H12F3N3O3. The van der Waals surface area contributed by atoms with Crippen molar-refractivity contribution in [1.82, 2.24) is 15.4 Å². The molecule has 0 spiro atoms. The van der Waals surface area contributed by atoms with Crippen molar-refractivity contribution in [1.29, 1.82) is 0 Å². The summed E-state index contributed by atoms with van der Waals surface area (Å²) in [5, 5.41) is 9.81. The van der Waals surface area contributed by atoms with Gasteiger partial charge in [-0.05, 0) is 19.1 Å². The van der Waals surface area contributed by atoms with Crippen molar-refractivity contribution in [2.75, 3.05) is 13.2 Å². The third-order valence-corrected chi connectivity index (χ3v) is 2.53. The van der Waals surface area contributed by atoms with Crippen LogP contribution in [0.5, 0.6) is 5.75 Å². The number of aromatic amines is 1. The number of hydrogen-bond acceptors (Lipinski definition) is 5. The zero-order chi connectivity index (χ0) is 16.2. The van der Waals surface area contributed by atoms with E-state index in [0.29, 0.717) is 5.56 Å². The van der Waals surface area contributed by atoms with E-state index < -0.39 is 18.8 Å². The van der Waals surface area contributed by atoms with E-state index in [1.165, 1.54) is 18.2 Å². The molecule has 1 aromatic carbocycles. The molecule has 0 amide bonds. The van der Waals surface area contributed by atoms with Gasteiger partial charge in [-0.2, -0.15) is 23.5 Å². The second-order valence-electron chi connectivity index (χ2n) is 4.17. The summed E-state index contributed by atoms with van der Waals surface area (Å²) in [5.41, 5.74) is 0.516. The Morgan fingerprint density at radius 3 is 2.77 bits per heavy atom. The molecule has 0 unspecified atom stereocenters. The lowest BCUT2D eigenvalue weighted by atomic mass is 10.1. The highest BCUT2D eigenvalue weighted by Crippen LogP contribution is 2.26. The van der Waals surface area contributed by atoms with E-state index in [4.69, 9.17) is 4.74 Å². The topological polar surface area (TPSA) is 77.1 Å². The molecule has 1 N–H and O–H groups in total. The lowest BCUT2D eigenvalue weighted by Crippen LogP contribution is -2.19. The van der Waals surface area contributed by atoms with Crippen molar-refractivity contribution in [3.8, 4) is 17.0 Å². The molecule has 0 bridgehead atoms. The number of aromatic nitrogens is 3. The van der Waals surface area contributed by atoms with Gasteiger partial charge in [0, 0.05) is 5.56 Å². The Bertz CT molecular complexity index is 655. The minimum absolute atomic E-state index is 0.00707. The Kier molecular flexibility index (Phi) is 4.64. The highest BCUT2D eigenvalue weighted by atomic mass is 19.4. The predicted octanol–water partition coefficient (Wildman–Crippen LogP) is 2.59. The predicted molar refractivity (Wildman–Crippen MR) is 69.3 cm³/mol. The second kappa shape index (κ2) is 6.46. The minimum atomic E-state index is -4.43. The average molecular weight is 315 g/mol. The van der Waals surface area contributed by atoms with E-state index >= 15 is 0 Å². The number of alkyl halides is 3. The smallest absolute Gasteiger partial charge is 0.422 e. The van der Waals surface area contributed by atoms with Crippen molar-refractivity contribution < 1.29 is 27.4 Å². The normalized spacial score (nSPS) is 11.3. The molecule has 0 fully saturated rings. The first-order valence-electron chi connectivity index (χ1n) is 6.28. The standard InChI is InChI=1S/C13H12F3N3O3/c1-2-21-12(20)11-10(17-19-18-11)8-4-3-5-9(6-8)22-7-13(14,15)16/h3-6H,2,7H2,1H3,(H,17,18,19). The van der Waals surface area contributed by atoms with Crippen LogP contribution in [0.25, 0.3) is 11.3 Å². The Labute approximate surface area is 123 Å². The van der Waals surface area contributed by atoms with Gasteiger partial charge in [0.25, 0.3) is 0 Å². The first-order chi connectivity index (χ1) is 10.4. The van der Waals surface area contributed by atoms with Crippen LogP contribution in [0.15, 0.2) is 24.3 Å². The first kappa shape index (κ1) is 15.8. The number of hydrogen-bond donors (Lipinski definition) is 1. The van der Waals surface area contributed by atoms with Crippen molar-refractivity contribution in [3.63, 3.8) is 0 Å². The van der Waals surface area contributed by atoms with Crippen LogP contribution in [0.1, 0.15) is 17.4 Å². The van der Waals surface area contributed by atoms with Crippen LogP contribution >= 0.6 is 0 Å². The fourth-order valence-corrected chi connectivity index (χ4v) is 1.67. The molecule has 22 heavy (non-hydrogen) atoms. The number of esters is 1. The lowest BCUT2D eigenvalue weighted by Gasteiger charge is -2.09. The average Bonchev–Trinajstić information content (AvgIpc) is 2.94. The van der Waals surface area contributed by atoms with Crippen molar-refractivity contribution in [2.45, 2.75) is 13.1 Å². The molecule has 0 saturated carbocycles. The molecule has 2 rings (SSSR count). The molecule has 0 aliphatic carbocycles. The zero-order valence-electron chi connectivity index (χ0n) is 11.5. The van der Waals surface area contributed by atoms with Gasteiger partial charge in [-0.25, -0.2) is 4.79 Å². The van der Waals surface area contributed by atoms with E-state index in [2.05, 4.69) is 20.1 Å². The highest BCUT2D eigenvalue weighted by molar-refractivity contribution is 5.93. The van der Waals surface area contributed by atoms with E-state index in [1.807, 2.05) is 0 Å². The first-order valence-corrected chi connectivity index (χ1v) is 6.28. The van der Waals surface area contributed by atoms with Crippen molar-refractivity contribution in [2.24, 2.45) is 0 Å². The second-order valence-corrected chi connectivity index (χ2v) is 4.17. The van der Waals surface area contributed by atoms with E-state index in [-0.39, 0.29) is 23.7 Å². The fourth-order valence-electron chi connectivity index (χ4n) is 1.67. The molecule has 0 aliphatic heterocycles. The third-order valence-electron chi connectivity index (χ3n) is 2.53. The van der Waals surface area contributed by atoms with Crippen LogP contribution in [0.3, 0.4) is 0 Å². The number of halogens is 3. The summed E-state index contributed by atoms with van der Waals surface area (Å²) in [6.07, 6.45) is -4.43. The lowest BCUT2D eigenvalue weighted by molar-refractivity contribution is -0.153. The van der Waals surface area contributed by atoms with Crippen molar-refractivity contribution in [3.05, 3.63) is 30.0 Å². The van der Waals surface area contributed by atoms with Crippen LogP contribution in [0.4, 0.5) is 13.2 Å². The van der Waals surface area contributed by atoms with Gasteiger partial charge in [0.1, 0.15) is 11.4 Å². The highest BCUT2D eigenvalue weighted by Gasteiger charge is 2.28. The Morgan fingerprint density at radius 1 is 1.32 bits per heavy atom. The summed E-state index contributed by atoms with van der Waals surface area (Å²) in [5.74, 6) is -0.666. The van der Waals surface area contributed by atoms with Gasteiger partial charge in [-0.15, -0.1) is 5.10 Å². The Morgan fingerprint density at radius 2 is 2.09 bits per heavy atom. The summed E-state index contributed by atoms with van der Waals surface area (Å²) in [4.78, 5) is 11.7. The third kappa shape index (κ3) is 3.96. The largest absolute Gasteiger partial charge is 0.484 e. The number of nitrogens with one attached hydrogen (secondary N) is 1. The number of rotatable bonds is 5. The number of ether oxygens (including phenoxy) is 2. The number of nitrogens with zero attached hydrogens (tertiary/aromatic N) is 2. The minimum Gasteiger partial charge on any atom is -0.484 e. The molecule has 118 valence electrons. The molecule has 1 aromatic heterocycles. The summed E-state index contributed by atoms with van der Waals surface area (Å²) in [7, 11) is 0. The van der Waals surface area contributed by atoms with Crippen LogP contribution < -0.4 is 4.74 Å². The zero-order valence-corrected chi connectivity index (χ0v) is 11.5. The summed E-state index contributed by atoms with van der Waals surface area (Å²) in [6.45, 7) is 0.406. The molecule has 0 aliphatic rings. The Hall–Kier alpha value is -2.58. The number of H-pyrrole nitrogens is 1. The van der Waals surface area contributed by atoms with Gasteiger partial charge in [-0.1, -0.05) is 12.1 Å². The fraction of sp³-hybridized carbons (Fsp3) is 0.308. The molecular weight excluding hydrogens is 303 g/mol. The SMILES string of the molecule is CCOC(=O)c1n[nH]nc1-c1cccc(OCC(F)(F)F)c1. The maximum atomic E-state index is 12.2. The number of carbonyl (C=O) groups excluding carboxylic acids is 1.